The Balaban J connectivity index is 1.58. The molecule has 1 heterocycles. The summed E-state index contributed by atoms with van der Waals surface area (Å²) >= 11 is 6.42. The molecule has 0 bridgehead atoms. The highest BCUT2D eigenvalue weighted by Crippen LogP contribution is 2.40. The zero-order valence-electron chi connectivity index (χ0n) is 18.0. The molecule has 2 aliphatic rings. The number of carboxylic acids is 1. The van der Waals surface area contributed by atoms with E-state index in [-0.39, 0.29) is 15.8 Å². The summed E-state index contributed by atoms with van der Waals surface area (Å²) in [7, 11) is 0. The van der Waals surface area contributed by atoms with Gasteiger partial charge in [0, 0.05) is 0 Å². The first kappa shape index (κ1) is 24.5. The highest BCUT2D eigenvalue weighted by Gasteiger charge is 2.44. The fourth-order valence-electron chi connectivity index (χ4n) is 4.58. The standard InChI is InChI=1S/C25H22F3NO3S2/c26-25(27,28)19-9-5-4-8-18(19)16-12-10-15(11-13-16)14-20-22(30)29(24(33)34-20)21(23(31)32)17-6-2-1-3-7-17/h4-5,8-14,17,21H,1-3,6-7H2,(H,31,32). The molecule has 34 heavy (non-hydrogen) atoms. The summed E-state index contributed by atoms with van der Waals surface area (Å²) in [5.41, 5.74) is 0.370. The third kappa shape index (κ3) is 5.05. The molecule has 2 fully saturated rings. The number of alkyl halides is 3. The van der Waals surface area contributed by atoms with Crippen molar-refractivity contribution in [3.05, 3.63) is 64.6 Å². The summed E-state index contributed by atoms with van der Waals surface area (Å²) in [5, 5.41) is 9.85. The SMILES string of the molecule is O=C(O)C(C1CCCCC1)N1C(=O)C(=Cc2ccc(-c3ccccc3C(F)(F)F)cc2)SC1=S. The predicted molar refractivity (Wildman–Crippen MR) is 130 cm³/mol. The quantitative estimate of drug-likeness (QED) is 0.366. The predicted octanol–water partition coefficient (Wildman–Crippen LogP) is 6.61. The number of carboxylic acid groups (broad SMARTS) is 1. The number of thiocarbonyl (C=S) groups is 1. The van der Waals surface area contributed by atoms with Crippen LogP contribution in [-0.4, -0.2) is 32.2 Å². The number of nitrogens with zero attached hydrogens (tertiary/aromatic N) is 1. The van der Waals surface area contributed by atoms with Crippen LogP contribution in [0.15, 0.2) is 53.4 Å². The number of carbonyl (C=O) groups excluding carboxylic acids is 1. The molecular weight excluding hydrogens is 483 g/mol. The lowest BCUT2D eigenvalue weighted by atomic mass is 9.83. The molecule has 4 nitrogen and oxygen atoms in total. The van der Waals surface area contributed by atoms with E-state index < -0.39 is 29.7 Å². The van der Waals surface area contributed by atoms with Gasteiger partial charge in [-0.05, 0) is 47.6 Å². The van der Waals surface area contributed by atoms with E-state index in [4.69, 9.17) is 12.2 Å². The molecule has 0 radical (unpaired) electrons. The van der Waals surface area contributed by atoms with Gasteiger partial charge in [0.2, 0.25) is 0 Å². The summed E-state index contributed by atoms with van der Waals surface area (Å²) in [6, 6.07) is 10.8. The van der Waals surface area contributed by atoms with Gasteiger partial charge in [0.25, 0.3) is 5.91 Å². The topological polar surface area (TPSA) is 57.6 Å². The molecule has 178 valence electrons. The number of aliphatic carboxylic acids is 1. The van der Waals surface area contributed by atoms with Crippen molar-refractivity contribution in [2.24, 2.45) is 5.92 Å². The summed E-state index contributed by atoms with van der Waals surface area (Å²) in [4.78, 5) is 26.7. The number of carbonyl (C=O) groups is 2. The number of rotatable bonds is 5. The van der Waals surface area contributed by atoms with Crippen LogP contribution in [0.4, 0.5) is 13.2 Å². The smallest absolute Gasteiger partial charge is 0.417 e. The second-order valence-electron chi connectivity index (χ2n) is 8.40. The first-order valence-corrected chi connectivity index (χ1v) is 12.2. The van der Waals surface area contributed by atoms with Crippen molar-refractivity contribution in [3.8, 4) is 11.1 Å². The fourth-order valence-corrected chi connectivity index (χ4v) is 5.91. The van der Waals surface area contributed by atoms with E-state index in [1.54, 1.807) is 36.4 Å². The maximum Gasteiger partial charge on any atom is 0.417 e. The Labute approximate surface area is 204 Å². The van der Waals surface area contributed by atoms with E-state index in [0.29, 0.717) is 16.0 Å². The Morgan fingerprint density at radius 1 is 1.09 bits per heavy atom. The highest BCUT2D eigenvalue weighted by atomic mass is 32.2. The van der Waals surface area contributed by atoms with Gasteiger partial charge in [-0.1, -0.05) is 85.7 Å². The minimum absolute atomic E-state index is 0.0738. The zero-order chi connectivity index (χ0) is 24.5. The van der Waals surface area contributed by atoms with Gasteiger partial charge >= 0.3 is 12.1 Å². The van der Waals surface area contributed by atoms with Crippen molar-refractivity contribution in [3.63, 3.8) is 0 Å². The van der Waals surface area contributed by atoms with Crippen LogP contribution in [0.3, 0.4) is 0 Å². The van der Waals surface area contributed by atoms with Gasteiger partial charge in [0.1, 0.15) is 10.4 Å². The normalized spacial score (nSPS) is 19.6. The summed E-state index contributed by atoms with van der Waals surface area (Å²) in [6.07, 6.45) is 1.54. The van der Waals surface area contributed by atoms with E-state index in [1.807, 2.05) is 0 Å². The summed E-state index contributed by atoms with van der Waals surface area (Å²) in [6.45, 7) is 0. The van der Waals surface area contributed by atoms with Crippen molar-refractivity contribution in [1.29, 1.82) is 0 Å². The van der Waals surface area contributed by atoms with E-state index in [1.165, 1.54) is 17.0 Å². The van der Waals surface area contributed by atoms with E-state index >= 15 is 0 Å². The second kappa shape index (κ2) is 9.92. The van der Waals surface area contributed by atoms with E-state index in [2.05, 4.69) is 0 Å². The first-order chi connectivity index (χ1) is 16.2. The first-order valence-electron chi connectivity index (χ1n) is 10.9. The van der Waals surface area contributed by atoms with Gasteiger partial charge < -0.3 is 5.11 Å². The minimum atomic E-state index is -4.47. The summed E-state index contributed by atoms with van der Waals surface area (Å²) < 4.78 is 40.3. The van der Waals surface area contributed by atoms with Gasteiger partial charge in [0.15, 0.2) is 0 Å². The average Bonchev–Trinajstić information content (AvgIpc) is 3.07. The van der Waals surface area contributed by atoms with Crippen LogP contribution in [0.1, 0.15) is 43.2 Å². The average molecular weight is 506 g/mol. The zero-order valence-corrected chi connectivity index (χ0v) is 19.7. The van der Waals surface area contributed by atoms with E-state index in [9.17, 15) is 27.9 Å². The van der Waals surface area contributed by atoms with Gasteiger partial charge in [-0.3, -0.25) is 9.69 Å². The fraction of sp³-hybridized carbons (Fsp3) is 0.320. The molecule has 1 atom stereocenters. The van der Waals surface area contributed by atoms with Crippen LogP contribution >= 0.6 is 24.0 Å². The van der Waals surface area contributed by atoms with Crippen LogP contribution in [0, 0.1) is 5.92 Å². The molecule has 1 saturated carbocycles. The van der Waals surface area contributed by atoms with Crippen molar-refractivity contribution in [2.75, 3.05) is 0 Å². The number of thioether (sulfide) groups is 1. The molecule has 0 aromatic heterocycles. The van der Waals surface area contributed by atoms with Crippen molar-refractivity contribution in [1.82, 2.24) is 4.90 Å². The second-order valence-corrected chi connectivity index (χ2v) is 10.1. The number of halogens is 3. The lowest BCUT2D eigenvalue weighted by molar-refractivity contribution is -0.147. The monoisotopic (exact) mass is 505 g/mol. The largest absolute Gasteiger partial charge is 0.480 e. The van der Waals surface area contributed by atoms with Crippen LogP contribution in [0.25, 0.3) is 17.2 Å². The Morgan fingerprint density at radius 3 is 2.35 bits per heavy atom. The Kier molecular flexibility index (Phi) is 7.14. The van der Waals surface area contributed by atoms with Gasteiger partial charge in [-0.15, -0.1) is 0 Å². The number of amides is 1. The Morgan fingerprint density at radius 2 is 1.74 bits per heavy atom. The molecule has 2 aromatic carbocycles. The summed E-state index contributed by atoms with van der Waals surface area (Å²) in [5.74, 6) is -1.64. The third-order valence-corrected chi connectivity index (χ3v) is 7.53. The molecule has 4 rings (SSSR count). The molecule has 2 aromatic rings. The van der Waals surface area contributed by atoms with Crippen molar-refractivity contribution >= 4 is 46.3 Å². The molecule has 1 aliphatic carbocycles. The Hall–Kier alpha value is -2.65. The van der Waals surface area contributed by atoms with Gasteiger partial charge in [0.05, 0.1) is 10.5 Å². The maximum absolute atomic E-state index is 13.3. The minimum Gasteiger partial charge on any atom is -0.480 e. The van der Waals surface area contributed by atoms with Crippen LogP contribution in [-0.2, 0) is 15.8 Å². The van der Waals surface area contributed by atoms with Crippen molar-refractivity contribution < 1.29 is 27.9 Å². The van der Waals surface area contributed by atoms with Crippen LogP contribution < -0.4 is 0 Å². The Bertz CT molecular complexity index is 1140. The van der Waals surface area contributed by atoms with E-state index in [0.717, 1.165) is 49.9 Å². The third-order valence-electron chi connectivity index (χ3n) is 6.20. The maximum atomic E-state index is 13.3. The van der Waals surface area contributed by atoms with Crippen LogP contribution in [0.5, 0.6) is 0 Å². The molecule has 1 unspecified atom stereocenters. The number of hydrogen-bond donors (Lipinski definition) is 1. The molecule has 0 spiro atoms. The molecule has 1 amide bonds. The molecule has 1 saturated heterocycles. The molecule has 1 aliphatic heterocycles. The van der Waals surface area contributed by atoms with Crippen LogP contribution in [0.2, 0.25) is 0 Å². The lowest BCUT2D eigenvalue weighted by Crippen LogP contribution is -2.48. The van der Waals surface area contributed by atoms with Gasteiger partial charge in [-0.25, -0.2) is 4.79 Å². The molecular formula is C25H22F3NO3S2. The number of hydrogen-bond acceptors (Lipinski definition) is 4. The highest BCUT2D eigenvalue weighted by molar-refractivity contribution is 8.26. The molecule has 9 heteroatoms. The number of benzene rings is 2. The van der Waals surface area contributed by atoms with Gasteiger partial charge in [-0.2, -0.15) is 13.2 Å². The lowest BCUT2D eigenvalue weighted by Gasteiger charge is -2.32. The molecule has 1 N–H and O–H groups in total. The van der Waals surface area contributed by atoms with Crippen molar-refractivity contribution in [2.45, 2.75) is 44.3 Å².